The molecular weight excluding hydrogens is 265 g/mol. The van der Waals surface area contributed by atoms with Crippen molar-refractivity contribution in [1.82, 2.24) is 15.2 Å². The average molecular weight is 287 g/mol. The van der Waals surface area contributed by atoms with Crippen molar-refractivity contribution in [1.29, 1.82) is 0 Å². The highest BCUT2D eigenvalue weighted by molar-refractivity contribution is 5.81. The summed E-state index contributed by atoms with van der Waals surface area (Å²) in [7, 11) is 2.11. The molecule has 1 saturated heterocycles. The number of aromatic nitrogens is 1. The van der Waals surface area contributed by atoms with Crippen LogP contribution < -0.4 is 5.32 Å². The quantitative estimate of drug-likeness (QED) is 0.937. The lowest BCUT2D eigenvalue weighted by atomic mass is 9.99. The Bertz CT molecular complexity index is 608. The molecule has 1 aliphatic heterocycles. The van der Waals surface area contributed by atoms with Crippen LogP contribution in [-0.4, -0.2) is 36.6 Å². The van der Waals surface area contributed by atoms with E-state index in [1.54, 1.807) is 18.3 Å². The first-order chi connectivity index (χ1) is 10.2. The van der Waals surface area contributed by atoms with Crippen molar-refractivity contribution < 1.29 is 4.39 Å². The SMILES string of the molecule is CN(Cc1cc(F)cc2cccnc12)CC1CCCNC1. The van der Waals surface area contributed by atoms with Crippen molar-refractivity contribution in [2.24, 2.45) is 5.92 Å². The summed E-state index contributed by atoms with van der Waals surface area (Å²) >= 11 is 0. The van der Waals surface area contributed by atoms with Crippen molar-refractivity contribution in [3.05, 3.63) is 41.8 Å². The Morgan fingerprint density at radius 2 is 2.33 bits per heavy atom. The fourth-order valence-electron chi connectivity index (χ4n) is 3.22. The number of benzene rings is 1. The van der Waals surface area contributed by atoms with Gasteiger partial charge >= 0.3 is 0 Å². The zero-order valence-electron chi connectivity index (χ0n) is 12.5. The van der Waals surface area contributed by atoms with E-state index in [0.29, 0.717) is 5.92 Å². The highest BCUT2D eigenvalue weighted by Crippen LogP contribution is 2.20. The Morgan fingerprint density at radius 3 is 3.14 bits per heavy atom. The van der Waals surface area contributed by atoms with Gasteiger partial charge in [-0.3, -0.25) is 4.98 Å². The zero-order valence-corrected chi connectivity index (χ0v) is 12.5. The second-order valence-corrected chi connectivity index (χ2v) is 6.05. The van der Waals surface area contributed by atoms with Crippen molar-refractivity contribution >= 4 is 10.9 Å². The Hall–Kier alpha value is -1.52. The minimum atomic E-state index is -0.182. The molecule has 0 aliphatic carbocycles. The molecule has 0 saturated carbocycles. The molecule has 3 rings (SSSR count). The van der Waals surface area contributed by atoms with Crippen LogP contribution in [0.1, 0.15) is 18.4 Å². The normalized spacial score (nSPS) is 19.3. The number of pyridine rings is 1. The first kappa shape index (κ1) is 14.4. The standard InChI is InChI=1S/C17H22FN3/c1-21(11-13-4-2-6-19-10-13)12-15-9-16(18)8-14-5-3-7-20-17(14)15/h3,5,7-9,13,19H,2,4,6,10-12H2,1H3. The predicted octanol–water partition coefficient (Wildman–Crippen LogP) is 2.81. The molecular formula is C17H22FN3. The van der Waals surface area contributed by atoms with Crippen molar-refractivity contribution in [2.75, 3.05) is 26.7 Å². The molecule has 3 nitrogen and oxygen atoms in total. The topological polar surface area (TPSA) is 28.2 Å². The van der Waals surface area contributed by atoms with Crippen LogP contribution in [0.4, 0.5) is 4.39 Å². The minimum absolute atomic E-state index is 0.182. The Morgan fingerprint density at radius 1 is 1.43 bits per heavy atom. The number of nitrogens with one attached hydrogen (secondary N) is 1. The van der Waals surface area contributed by atoms with Crippen molar-refractivity contribution in [3.8, 4) is 0 Å². The highest BCUT2D eigenvalue weighted by atomic mass is 19.1. The lowest BCUT2D eigenvalue weighted by Crippen LogP contribution is -2.36. The molecule has 21 heavy (non-hydrogen) atoms. The molecule has 1 aromatic carbocycles. The third-order valence-electron chi connectivity index (χ3n) is 4.16. The van der Waals surface area contributed by atoms with E-state index in [0.717, 1.165) is 42.6 Å². The van der Waals surface area contributed by atoms with E-state index in [4.69, 9.17) is 0 Å². The third-order valence-corrected chi connectivity index (χ3v) is 4.16. The van der Waals surface area contributed by atoms with Crippen LogP contribution in [0.15, 0.2) is 30.5 Å². The van der Waals surface area contributed by atoms with E-state index >= 15 is 0 Å². The summed E-state index contributed by atoms with van der Waals surface area (Å²) in [6.07, 6.45) is 4.30. The lowest BCUT2D eigenvalue weighted by molar-refractivity contribution is 0.238. The molecule has 2 heterocycles. The van der Waals surface area contributed by atoms with E-state index in [1.165, 1.54) is 12.8 Å². The molecule has 0 bridgehead atoms. The average Bonchev–Trinajstić information content (AvgIpc) is 2.48. The first-order valence-electron chi connectivity index (χ1n) is 7.65. The van der Waals surface area contributed by atoms with Crippen LogP contribution in [-0.2, 0) is 6.54 Å². The number of hydrogen-bond donors (Lipinski definition) is 1. The van der Waals surface area contributed by atoms with Crippen LogP contribution in [0.3, 0.4) is 0 Å². The highest BCUT2D eigenvalue weighted by Gasteiger charge is 2.16. The first-order valence-corrected chi connectivity index (χ1v) is 7.65. The summed E-state index contributed by atoms with van der Waals surface area (Å²) in [6.45, 7) is 4.00. The predicted molar refractivity (Wildman–Crippen MR) is 83.6 cm³/mol. The summed E-state index contributed by atoms with van der Waals surface area (Å²) in [5.41, 5.74) is 1.88. The second-order valence-electron chi connectivity index (χ2n) is 6.05. The molecule has 0 amide bonds. The summed E-state index contributed by atoms with van der Waals surface area (Å²) < 4.78 is 13.7. The van der Waals surface area contributed by atoms with Gasteiger partial charge in [-0.25, -0.2) is 4.39 Å². The smallest absolute Gasteiger partial charge is 0.124 e. The summed E-state index contributed by atoms with van der Waals surface area (Å²) in [6, 6.07) is 6.94. The van der Waals surface area contributed by atoms with Gasteiger partial charge in [-0.1, -0.05) is 6.07 Å². The Kier molecular flexibility index (Phi) is 4.46. The van der Waals surface area contributed by atoms with Gasteiger partial charge in [-0.15, -0.1) is 0 Å². The number of fused-ring (bicyclic) bond motifs is 1. The maximum absolute atomic E-state index is 13.7. The molecule has 112 valence electrons. The van der Waals surface area contributed by atoms with E-state index < -0.39 is 0 Å². The lowest BCUT2D eigenvalue weighted by Gasteiger charge is -2.27. The van der Waals surface area contributed by atoms with Gasteiger partial charge in [-0.2, -0.15) is 0 Å². The van der Waals surface area contributed by atoms with Gasteiger partial charge in [0.25, 0.3) is 0 Å². The molecule has 1 unspecified atom stereocenters. The van der Waals surface area contributed by atoms with E-state index in [2.05, 4.69) is 22.2 Å². The minimum Gasteiger partial charge on any atom is -0.316 e. The fraction of sp³-hybridized carbons (Fsp3) is 0.471. The zero-order chi connectivity index (χ0) is 14.7. The molecule has 1 atom stereocenters. The molecule has 1 fully saturated rings. The van der Waals surface area contributed by atoms with Gasteiger partial charge in [0.1, 0.15) is 5.82 Å². The van der Waals surface area contributed by atoms with Crippen LogP contribution in [0.25, 0.3) is 10.9 Å². The molecule has 1 aliphatic rings. The number of halogens is 1. The fourth-order valence-corrected chi connectivity index (χ4v) is 3.22. The van der Waals surface area contributed by atoms with Crippen LogP contribution >= 0.6 is 0 Å². The summed E-state index contributed by atoms with van der Waals surface area (Å²) in [5, 5.41) is 4.32. The molecule has 0 spiro atoms. The van der Waals surface area contributed by atoms with E-state index in [1.807, 2.05) is 12.1 Å². The summed E-state index contributed by atoms with van der Waals surface area (Å²) in [4.78, 5) is 6.69. The van der Waals surface area contributed by atoms with Crippen LogP contribution in [0.5, 0.6) is 0 Å². The van der Waals surface area contributed by atoms with Crippen molar-refractivity contribution in [3.63, 3.8) is 0 Å². The van der Waals surface area contributed by atoms with E-state index in [-0.39, 0.29) is 5.82 Å². The van der Waals surface area contributed by atoms with Gasteiger partial charge in [0, 0.05) is 24.7 Å². The number of rotatable bonds is 4. The molecule has 4 heteroatoms. The van der Waals surface area contributed by atoms with Crippen LogP contribution in [0.2, 0.25) is 0 Å². The number of piperidine rings is 1. The van der Waals surface area contributed by atoms with Gasteiger partial charge < -0.3 is 10.2 Å². The monoisotopic (exact) mass is 287 g/mol. The van der Waals surface area contributed by atoms with Gasteiger partial charge in [-0.05, 0) is 62.7 Å². The largest absolute Gasteiger partial charge is 0.316 e. The molecule has 1 aromatic heterocycles. The summed E-state index contributed by atoms with van der Waals surface area (Å²) in [5.74, 6) is 0.509. The second kappa shape index (κ2) is 6.50. The number of nitrogens with zero attached hydrogens (tertiary/aromatic N) is 2. The Labute approximate surface area is 125 Å². The third kappa shape index (κ3) is 3.57. The number of hydrogen-bond acceptors (Lipinski definition) is 3. The van der Waals surface area contributed by atoms with Gasteiger partial charge in [0.15, 0.2) is 0 Å². The van der Waals surface area contributed by atoms with Gasteiger partial charge in [0.05, 0.1) is 5.52 Å². The Balaban J connectivity index is 1.74. The maximum atomic E-state index is 13.7. The van der Waals surface area contributed by atoms with E-state index in [9.17, 15) is 4.39 Å². The van der Waals surface area contributed by atoms with Crippen LogP contribution in [0, 0.1) is 11.7 Å². The van der Waals surface area contributed by atoms with Gasteiger partial charge in [0.2, 0.25) is 0 Å². The maximum Gasteiger partial charge on any atom is 0.124 e. The molecule has 0 radical (unpaired) electrons. The molecule has 1 N–H and O–H groups in total. The van der Waals surface area contributed by atoms with Crippen molar-refractivity contribution in [2.45, 2.75) is 19.4 Å². The molecule has 2 aromatic rings.